The fraction of sp³-hybridized carbons (Fsp3) is 0.565. The summed E-state index contributed by atoms with van der Waals surface area (Å²) >= 11 is 0. The average Bonchev–Trinajstić information content (AvgIpc) is 3.12. The van der Waals surface area contributed by atoms with Gasteiger partial charge in [-0.3, -0.25) is 9.59 Å². The molecule has 3 fully saturated rings. The number of likely N-dealkylation sites (tertiary alicyclic amines) is 1. The third-order valence-electron chi connectivity index (χ3n) is 7.12. The Morgan fingerprint density at radius 1 is 1.10 bits per heavy atom. The van der Waals surface area contributed by atoms with Crippen molar-refractivity contribution in [3.8, 4) is 0 Å². The van der Waals surface area contributed by atoms with E-state index in [2.05, 4.69) is 23.5 Å². The Balaban J connectivity index is 1.19. The molecule has 1 N–H and O–H groups in total. The van der Waals surface area contributed by atoms with Gasteiger partial charge in [0.2, 0.25) is 11.8 Å². The highest BCUT2D eigenvalue weighted by Crippen LogP contribution is 2.45. The van der Waals surface area contributed by atoms with Crippen molar-refractivity contribution in [3.63, 3.8) is 0 Å². The minimum Gasteiger partial charge on any atom is -0.381 e. The molecule has 3 atom stereocenters. The number of nitrogens with one attached hydrogen (secondary N) is 1. The van der Waals surface area contributed by atoms with E-state index >= 15 is 0 Å². The maximum atomic E-state index is 13.0. The normalized spacial score (nSPS) is 27.3. The molecule has 6 heteroatoms. The number of fused-ring (bicyclic) bond motifs is 2. The van der Waals surface area contributed by atoms with Gasteiger partial charge in [0.15, 0.2) is 0 Å². The first-order valence-electron chi connectivity index (χ1n) is 10.9. The first kappa shape index (κ1) is 18.7. The number of aromatic nitrogens is 1. The number of hydrogen-bond donors (Lipinski definition) is 1. The summed E-state index contributed by atoms with van der Waals surface area (Å²) in [7, 11) is 0. The zero-order chi connectivity index (χ0) is 19.8. The van der Waals surface area contributed by atoms with E-state index in [9.17, 15) is 9.59 Å². The zero-order valence-electron chi connectivity index (χ0n) is 16.8. The molecule has 0 unspecified atom stereocenters. The molecule has 2 aliphatic heterocycles. The molecule has 2 saturated heterocycles. The van der Waals surface area contributed by atoms with E-state index < -0.39 is 0 Å². The second-order valence-electron chi connectivity index (χ2n) is 8.79. The molecule has 0 bridgehead atoms. The lowest BCUT2D eigenvalue weighted by atomic mass is 9.61. The van der Waals surface area contributed by atoms with Gasteiger partial charge < -0.3 is 19.5 Å². The Morgan fingerprint density at radius 2 is 1.93 bits per heavy atom. The average molecular weight is 396 g/mol. The standard InChI is InChI=1S/C23H29N3O3/c27-22(15-25-9-5-16-3-1-2-4-21(16)25)26-10-6-17-13-19(20(17)14-26)23(28)24-18-7-11-29-12-8-18/h1-5,9,17-20H,6-8,10-15H2,(H,24,28)/t17-,19-,20-/m1/s1. The van der Waals surface area contributed by atoms with Crippen LogP contribution in [0.2, 0.25) is 0 Å². The molecule has 5 rings (SSSR count). The van der Waals surface area contributed by atoms with Crippen molar-refractivity contribution >= 4 is 22.7 Å². The van der Waals surface area contributed by atoms with Crippen molar-refractivity contribution in [3.05, 3.63) is 36.5 Å². The number of ether oxygens (including phenoxy) is 1. The summed E-state index contributed by atoms with van der Waals surface area (Å²) in [5.74, 6) is 1.31. The Hall–Kier alpha value is -2.34. The molecule has 1 aliphatic carbocycles. The molecule has 2 aromatic rings. The number of amides is 2. The summed E-state index contributed by atoms with van der Waals surface area (Å²) in [6.45, 7) is 3.36. The number of piperidine rings is 1. The van der Waals surface area contributed by atoms with Crippen LogP contribution in [0.1, 0.15) is 25.7 Å². The minimum absolute atomic E-state index is 0.0610. The molecule has 3 heterocycles. The van der Waals surface area contributed by atoms with Crippen LogP contribution in [0.5, 0.6) is 0 Å². The fourth-order valence-corrected chi connectivity index (χ4v) is 5.29. The zero-order valence-corrected chi connectivity index (χ0v) is 16.8. The molecule has 1 aromatic heterocycles. The lowest BCUT2D eigenvalue weighted by Gasteiger charge is -2.50. The highest BCUT2D eigenvalue weighted by molar-refractivity contribution is 5.84. The summed E-state index contributed by atoms with van der Waals surface area (Å²) in [5.41, 5.74) is 1.09. The smallest absolute Gasteiger partial charge is 0.242 e. The molecule has 3 aliphatic rings. The summed E-state index contributed by atoms with van der Waals surface area (Å²) in [4.78, 5) is 27.7. The number of carbonyl (C=O) groups excluding carboxylic acids is 2. The van der Waals surface area contributed by atoms with Gasteiger partial charge in [0.1, 0.15) is 6.54 Å². The molecule has 1 saturated carbocycles. The number of nitrogens with zero attached hydrogens (tertiary/aromatic N) is 2. The largest absolute Gasteiger partial charge is 0.381 e. The van der Waals surface area contributed by atoms with Crippen molar-refractivity contribution in [1.82, 2.24) is 14.8 Å². The van der Waals surface area contributed by atoms with Gasteiger partial charge in [-0.15, -0.1) is 0 Å². The lowest BCUT2D eigenvalue weighted by Crippen LogP contribution is -2.57. The van der Waals surface area contributed by atoms with Crippen molar-refractivity contribution in [2.75, 3.05) is 26.3 Å². The van der Waals surface area contributed by atoms with Crippen LogP contribution in [0.4, 0.5) is 0 Å². The van der Waals surface area contributed by atoms with E-state index in [4.69, 9.17) is 4.74 Å². The van der Waals surface area contributed by atoms with Crippen LogP contribution in [0.25, 0.3) is 10.9 Å². The van der Waals surface area contributed by atoms with Crippen LogP contribution in [0.3, 0.4) is 0 Å². The first-order chi connectivity index (χ1) is 14.2. The van der Waals surface area contributed by atoms with Crippen LogP contribution >= 0.6 is 0 Å². The van der Waals surface area contributed by atoms with Crippen molar-refractivity contribution in [2.45, 2.75) is 38.3 Å². The number of para-hydroxylation sites is 1. The fourth-order valence-electron chi connectivity index (χ4n) is 5.29. The molecule has 0 spiro atoms. The second kappa shape index (κ2) is 7.82. The molecule has 6 nitrogen and oxygen atoms in total. The van der Waals surface area contributed by atoms with Crippen LogP contribution in [0.15, 0.2) is 36.5 Å². The Kier molecular flexibility index (Phi) is 5.04. The summed E-state index contributed by atoms with van der Waals surface area (Å²) in [6.07, 6.45) is 5.79. The summed E-state index contributed by atoms with van der Waals surface area (Å²) in [5, 5.41) is 4.38. The number of rotatable bonds is 4. The van der Waals surface area contributed by atoms with Crippen molar-refractivity contribution < 1.29 is 14.3 Å². The van der Waals surface area contributed by atoms with Gasteiger partial charge in [-0.25, -0.2) is 0 Å². The highest BCUT2D eigenvalue weighted by atomic mass is 16.5. The third-order valence-corrected chi connectivity index (χ3v) is 7.12. The lowest BCUT2D eigenvalue weighted by molar-refractivity contribution is -0.146. The van der Waals surface area contributed by atoms with Crippen LogP contribution in [0, 0.1) is 17.8 Å². The third kappa shape index (κ3) is 3.66. The Labute approximate surface area is 171 Å². The van der Waals surface area contributed by atoms with Gasteiger partial charge in [0.25, 0.3) is 0 Å². The monoisotopic (exact) mass is 395 g/mol. The first-order valence-corrected chi connectivity index (χ1v) is 10.9. The van der Waals surface area contributed by atoms with Crippen LogP contribution < -0.4 is 5.32 Å². The van der Waals surface area contributed by atoms with E-state index in [0.717, 1.165) is 56.3 Å². The van der Waals surface area contributed by atoms with E-state index in [1.165, 1.54) is 0 Å². The van der Waals surface area contributed by atoms with Crippen LogP contribution in [-0.4, -0.2) is 53.6 Å². The maximum Gasteiger partial charge on any atom is 0.242 e. The number of hydrogen-bond acceptors (Lipinski definition) is 3. The molecule has 2 amide bonds. The van der Waals surface area contributed by atoms with E-state index in [1.807, 2.05) is 27.8 Å². The van der Waals surface area contributed by atoms with Crippen molar-refractivity contribution in [2.24, 2.45) is 17.8 Å². The topological polar surface area (TPSA) is 63.6 Å². The number of carbonyl (C=O) groups is 2. The predicted octanol–water partition coefficient (Wildman–Crippen LogP) is 2.42. The summed E-state index contributed by atoms with van der Waals surface area (Å²) < 4.78 is 7.41. The molecule has 0 radical (unpaired) electrons. The van der Waals surface area contributed by atoms with Gasteiger partial charge in [-0.1, -0.05) is 18.2 Å². The summed E-state index contributed by atoms with van der Waals surface area (Å²) in [6, 6.07) is 10.4. The molecule has 154 valence electrons. The van der Waals surface area contributed by atoms with E-state index in [1.54, 1.807) is 0 Å². The van der Waals surface area contributed by atoms with Gasteiger partial charge in [0, 0.05) is 50.0 Å². The highest BCUT2D eigenvalue weighted by Gasteiger charge is 2.48. The van der Waals surface area contributed by atoms with Gasteiger partial charge in [-0.05, 0) is 55.0 Å². The Morgan fingerprint density at radius 3 is 2.79 bits per heavy atom. The SMILES string of the molecule is O=C(NC1CCOCC1)[C@@H]1C[C@H]2CCN(C(=O)Cn3ccc4ccccc43)C[C@H]21. The molecular weight excluding hydrogens is 366 g/mol. The minimum atomic E-state index is 0.0610. The second-order valence-corrected chi connectivity index (χ2v) is 8.79. The predicted molar refractivity (Wildman–Crippen MR) is 110 cm³/mol. The van der Waals surface area contributed by atoms with Crippen molar-refractivity contribution in [1.29, 1.82) is 0 Å². The van der Waals surface area contributed by atoms with E-state index in [0.29, 0.717) is 24.9 Å². The quantitative estimate of drug-likeness (QED) is 0.865. The molecule has 29 heavy (non-hydrogen) atoms. The van der Waals surface area contributed by atoms with Gasteiger partial charge >= 0.3 is 0 Å². The molecule has 1 aromatic carbocycles. The number of benzene rings is 1. The van der Waals surface area contributed by atoms with Crippen LogP contribution in [-0.2, 0) is 20.9 Å². The maximum absolute atomic E-state index is 13.0. The van der Waals surface area contributed by atoms with Gasteiger partial charge in [-0.2, -0.15) is 0 Å². The van der Waals surface area contributed by atoms with Gasteiger partial charge in [0.05, 0.1) is 0 Å². The molecular formula is C23H29N3O3. The van der Waals surface area contributed by atoms with E-state index in [-0.39, 0.29) is 23.8 Å². The Bertz CT molecular complexity index is 902.